The number of halogens is 3. The predicted octanol–water partition coefficient (Wildman–Crippen LogP) is 1.93. The van der Waals surface area contributed by atoms with Crippen LogP contribution in [-0.2, 0) is 16.1 Å². The number of benzene rings is 1. The Morgan fingerprint density at radius 2 is 2.09 bits per heavy atom. The van der Waals surface area contributed by atoms with Gasteiger partial charge in [0.05, 0.1) is 24.3 Å². The molecule has 1 aromatic carbocycles. The summed E-state index contributed by atoms with van der Waals surface area (Å²) in [5.74, 6) is -4.58. The summed E-state index contributed by atoms with van der Waals surface area (Å²) in [6.45, 7) is 5.07. The second-order valence-corrected chi connectivity index (χ2v) is 9.67. The van der Waals surface area contributed by atoms with Crippen LogP contribution in [0.3, 0.4) is 0 Å². The lowest BCUT2D eigenvalue weighted by Gasteiger charge is -2.25. The fourth-order valence-corrected chi connectivity index (χ4v) is 3.95. The highest BCUT2D eigenvalue weighted by atomic mass is 35.5. The molecule has 0 spiro atoms. The van der Waals surface area contributed by atoms with Crippen LogP contribution in [0.2, 0.25) is 5.02 Å². The van der Waals surface area contributed by atoms with Crippen molar-refractivity contribution in [2.75, 3.05) is 6.54 Å². The fraction of sp³-hybridized carbons (Fsp3) is 0.550. The van der Waals surface area contributed by atoms with Crippen LogP contribution in [0.25, 0.3) is 5.69 Å². The third-order valence-corrected chi connectivity index (χ3v) is 5.33. The molecule has 0 aliphatic carbocycles. The summed E-state index contributed by atoms with van der Waals surface area (Å²) in [5.41, 5.74) is 6.75. The van der Waals surface area contributed by atoms with Gasteiger partial charge in [-0.1, -0.05) is 32.4 Å². The summed E-state index contributed by atoms with van der Waals surface area (Å²) in [4.78, 5) is 26.4. The predicted molar refractivity (Wildman–Crippen MR) is 113 cm³/mol. The van der Waals surface area contributed by atoms with E-state index in [9.17, 15) is 18.4 Å². The molecule has 3 N–H and O–H groups in total. The monoisotopic (exact) mass is 469 g/mol. The fourth-order valence-electron chi connectivity index (χ4n) is 3.75. The summed E-state index contributed by atoms with van der Waals surface area (Å²) >= 11 is 6.11. The van der Waals surface area contributed by atoms with Gasteiger partial charge in [-0.3, -0.25) is 19.8 Å². The molecule has 9 nitrogen and oxygen atoms in total. The van der Waals surface area contributed by atoms with E-state index in [0.29, 0.717) is 22.7 Å². The molecule has 1 saturated heterocycles. The number of alkyl halides is 2. The number of nitrogens with one attached hydrogen (secondary N) is 1. The molecule has 0 bridgehead atoms. The number of nitrogens with zero attached hydrogens (tertiary/aromatic N) is 5. The average molecular weight is 470 g/mol. The Morgan fingerprint density at radius 1 is 1.38 bits per heavy atom. The average Bonchev–Trinajstić information content (AvgIpc) is 3.28. The zero-order valence-corrected chi connectivity index (χ0v) is 18.8. The lowest BCUT2D eigenvalue weighted by Crippen LogP contribution is -2.50. The molecular weight excluding hydrogens is 444 g/mol. The highest BCUT2D eigenvalue weighted by Gasteiger charge is 2.48. The molecule has 12 heteroatoms. The lowest BCUT2D eigenvalue weighted by atomic mass is 9.88. The number of hydrogen-bond donors (Lipinski definition) is 2. The first kappa shape index (κ1) is 24.1. The number of amides is 2. The largest absolute Gasteiger partial charge is 0.320 e. The molecule has 1 fully saturated rings. The molecule has 1 aromatic heterocycles. The molecule has 2 amide bonds. The second-order valence-electron chi connectivity index (χ2n) is 9.23. The molecule has 1 aliphatic rings. The van der Waals surface area contributed by atoms with Gasteiger partial charge in [-0.15, -0.1) is 5.10 Å². The van der Waals surface area contributed by atoms with E-state index in [1.54, 1.807) is 18.2 Å². The van der Waals surface area contributed by atoms with Gasteiger partial charge in [0.15, 0.2) is 0 Å². The van der Waals surface area contributed by atoms with Gasteiger partial charge < -0.3 is 5.73 Å². The molecule has 2 heterocycles. The molecule has 1 aliphatic heterocycles. The Hall–Kier alpha value is -2.50. The minimum absolute atomic E-state index is 0.0222. The molecule has 0 saturated carbocycles. The van der Waals surface area contributed by atoms with Crippen LogP contribution in [0.15, 0.2) is 24.5 Å². The van der Waals surface area contributed by atoms with Crippen LogP contribution in [-0.4, -0.2) is 61.5 Å². The first-order valence-corrected chi connectivity index (χ1v) is 10.5. The quantitative estimate of drug-likeness (QED) is 0.663. The zero-order chi connectivity index (χ0) is 23.7. The first-order chi connectivity index (χ1) is 14.8. The zero-order valence-electron chi connectivity index (χ0n) is 18.1. The third kappa shape index (κ3) is 6.05. The van der Waals surface area contributed by atoms with Crippen LogP contribution in [0.4, 0.5) is 8.78 Å². The molecular formula is C20H26ClF2N7O2. The van der Waals surface area contributed by atoms with E-state index >= 15 is 0 Å². The Morgan fingerprint density at radius 3 is 2.72 bits per heavy atom. The topological polar surface area (TPSA) is 119 Å². The normalized spacial score (nSPS) is 19.7. The van der Waals surface area contributed by atoms with Crippen molar-refractivity contribution in [3.05, 3.63) is 35.1 Å². The molecule has 0 radical (unpaired) electrons. The second kappa shape index (κ2) is 9.16. The van der Waals surface area contributed by atoms with E-state index in [-0.39, 0.29) is 12.0 Å². The van der Waals surface area contributed by atoms with E-state index in [0.717, 1.165) is 0 Å². The highest BCUT2D eigenvalue weighted by molar-refractivity contribution is 6.30. The van der Waals surface area contributed by atoms with Crippen molar-refractivity contribution in [1.82, 2.24) is 30.4 Å². The lowest BCUT2D eigenvalue weighted by molar-refractivity contribution is -0.134. The van der Waals surface area contributed by atoms with Crippen LogP contribution in [0.5, 0.6) is 0 Å². The van der Waals surface area contributed by atoms with Crippen LogP contribution in [0.1, 0.15) is 39.2 Å². The van der Waals surface area contributed by atoms with Crippen molar-refractivity contribution >= 4 is 23.4 Å². The summed E-state index contributed by atoms with van der Waals surface area (Å²) in [5, 5.41) is 13.6. The molecule has 2 atom stereocenters. The number of hydrogen-bond acceptors (Lipinski definition) is 7. The smallest absolute Gasteiger partial charge is 0.262 e. The van der Waals surface area contributed by atoms with E-state index in [2.05, 4.69) is 20.8 Å². The van der Waals surface area contributed by atoms with Gasteiger partial charge in [0, 0.05) is 18.0 Å². The maximum absolute atomic E-state index is 14.3. The number of aromatic nitrogens is 4. The number of carbonyl (C=O) groups excluding carboxylic acids is 2. The van der Waals surface area contributed by atoms with Crippen molar-refractivity contribution in [2.45, 2.75) is 58.2 Å². The van der Waals surface area contributed by atoms with Gasteiger partial charge in [0.1, 0.15) is 6.33 Å². The number of likely N-dealkylation sites (tertiary alicyclic amines) is 1. The van der Waals surface area contributed by atoms with E-state index < -0.39 is 42.8 Å². The van der Waals surface area contributed by atoms with E-state index in [1.165, 1.54) is 15.9 Å². The minimum Gasteiger partial charge on any atom is -0.320 e. The molecule has 174 valence electrons. The molecule has 3 rings (SSSR count). The maximum atomic E-state index is 14.3. The van der Waals surface area contributed by atoms with Crippen LogP contribution < -0.4 is 11.1 Å². The molecule has 2 aromatic rings. The number of carbonyl (C=O) groups is 2. The number of nitrogens with two attached hydrogens (primary N) is 1. The minimum atomic E-state index is -3.09. The van der Waals surface area contributed by atoms with Gasteiger partial charge in [-0.25, -0.2) is 13.5 Å². The number of rotatable bonds is 6. The van der Waals surface area contributed by atoms with Crippen molar-refractivity contribution in [3.63, 3.8) is 0 Å². The maximum Gasteiger partial charge on any atom is 0.262 e. The first-order valence-electron chi connectivity index (χ1n) is 10.1. The number of tetrazole rings is 1. The van der Waals surface area contributed by atoms with E-state index in [1.807, 2.05) is 20.8 Å². The molecule has 0 unspecified atom stereocenters. The summed E-state index contributed by atoms with van der Waals surface area (Å²) < 4.78 is 29.9. The third-order valence-electron chi connectivity index (χ3n) is 5.10. The van der Waals surface area contributed by atoms with Crippen molar-refractivity contribution in [1.29, 1.82) is 0 Å². The van der Waals surface area contributed by atoms with Crippen molar-refractivity contribution < 1.29 is 18.4 Å². The van der Waals surface area contributed by atoms with Gasteiger partial charge >= 0.3 is 0 Å². The Bertz CT molecular complexity index is 979. The summed E-state index contributed by atoms with van der Waals surface area (Å²) in [6.07, 6.45) is 1.00. The van der Waals surface area contributed by atoms with Gasteiger partial charge in [-0.05, 0) is 46.0 Å². The highest BCUT2D eigenvalue weighted by Crippen LogP contribution is 2.34. The Balaban J connectivity index is 1.79. The summed E-state index contributed by atoms with van der Waals surface area (Å²) in [6, 6.07) is 2.76. The van der Waals surface area contributed by atoms with Crippen molar-refractivity contribution in [3.8, 4) is 5.69 Å². The van der Waals surface area contributed by atoms with Gasteiger partial charge in [0.25, 0.3) is 5.92 Å². The molecule has 32 heavy (non-hydrogen) atoms. The summed E-state index contributed by atoms with van der Waals surface area (Å²) in [7, 11) is 0. The van der Waals surface area contributed by atoms with Gasteiger partial charge in [0.2, 0.25) is 11.8 Å². The van der Waals surface area contributed by atoms with Crippen LogP contribution in [0, 0.1) is 5.41 Å². The van der Waals surface area contributed by atoms with Crippen LogP contribution >= 0.6 is 11.6 Å². The Labute approximate surface area is 189 Å². The van der Waals surface area contributed by atoms with E-state index in [4.69, 9.17) is 17.3 Å². The standard InChI is InChI=1S/C20H26ClF2N7O2/c1-19(2,3)7-14(24)17(31)26-18(32)16-8-20(22,23)10-29(16)9-12-6-13(21)4-5-15(12)30-11-25-27-28-30/h4-6,11,14,16H,7-10,24H2,1-3H3,(H,26,31,32)/t14-,16+/m1/s1. The Kier molecular flexibility index (Phi) is 6.91. The van der Waals surface area contributed by atoms with Gasteiger partial charge in [-0.2, -0.15) is 0 Å². The van der Waals surface area contributed by atoms with Crippen molar-refractivity contribution in [2.24, 2.45) is 11.1 Å². The SMILES string of the molecule is CC(C)(C)C[C@@H](N)C(=O)NC(=O)[C@@H]1CC(F)(F)CN1Cc1cc(Cl)ccc1-n1cnnn1. The number of imide groups is 1.